The first-order valence-electron chi connectivity index (χ1n) is 5.38. The van der Waals surface area contributed by atoms with Crippen molar-refractivity contribution in [1.29, 1.82) is 0 Å². The van der Waals surface area contributed by atoms with E-state index in [0.717, 1.165) is 18.5 Å². The summed E-state index contributed by atoms with van der Waals surface area (Å²) in [5, 5.41) is 2.01. The second kappa shape index (κ2) is 4.81. The van der Waals surface area contributed by atoms with Crippen LogP contribution in [-0.2, 0) is 16.3 Å². The van der Waals surface area contributed by atoms with Crippen molar-refractivity contribution in [2.75, 3.05) is 18.1 Å². The number of hydrogen-bond acceptors (Lipinski definition) is 5. The fraction of sp³-hybridized carbons (Fsp3) is 0.700. The van der Waals surface area contributed by atoms with Crippen molar-refractivity contribution in [2.24, 2.45) is 17.6 Å². The fourth-order valence-electron chi connectivity index (χ4n) is 2.24. The number of nitrogens with zero attached hydrogens (tertiary/aromatic N) is 1. The van der Waals surface area contributed by atoms with Crippen molar-refractivity contribution in [1.82, 2.24) is 4.98 Å². The highest BCUT2D eigenvalue weighted by atomic mass is 32.2. The van der Waals surface area contributed by atoms with Gasteiger partial charge in [0.2, 0.25) is 0 Å². The number of nitrogens with two attached hydrogens (primary N) is 1. The molecule has 1 aliphatic rings. The van der Waals surface area contributed by atoms with Gasteiger partial charge in [0.25, 0.3) is 0 Å². The molecule has 6 heteroatoms. The highest BCUT2D eigenvalue weighted by Crippen LogP contribution is 2.27. The predicted octanol–water partition coefficient (Wildman–Crippen LogP) is 0.695. The molecular formula is C10H16N2O2S2. The molecule has 2 unspecified atom stereocenters. The van der Waals surface area contributed by atoms with Crippen LogP contribution in [0.1, 0.15) is 12.1 Å². The second-order valence-corrected chi connectivity index (χ2v) is 7.29. The van der Waals surface area contributed by atoms with E-state index in [1.54, 1.807) is 16.8 Å². The molecule has 0 bridgehead atoms. The monoisotopic (exact) mass is 260 g/mol. The van der Waals surface area contributed by atoms with Gasteiger partial charge < -0.3 is 5.73 Å². The molecule has 0 radical (unpaired) electrons. The summed E-state index contributed by atoms with van der Waals surface area (Å²) in [6.07, 6.45) is 1.56. The Labute approximate surface area is 99.8 Å². The zero-order valence-electron chi connectivity index (χ0n) is 9.00. The number of thiazole rings is 1. The average molecular weight is 260 g/mol. The lowest BCUT2D eigenvalue weighted by molar-refractivity contribution is 0.368. The van der Waals surface area contributed by atoms with Crippen molar-refractivity contribution in [3.8, 4) is 0 Å². The van der Waals surface area contributed by atoms with Gasteiger partial charge in [0.15, 0.2) is 9.84 Å². The minimum absolute atomic E-state index is 0.219. The van der Waals surface area contributed by atoms with Gasteiger partial charge in [0, 0.05) is 5.38 Å². The summed E-state index contributed by atoms with van der Waals surface area (Å²) < 4.78 is 22.8. The highest BCUT2D eigenvalue weighted by Gasteiger charge is 2.33. The lowest BCUT2D eigenvalue weighted by atomic mass is 9.88. The lowest BCUT2D eigenvalue weighted by Crippen LogP contribution is -2.26. The van der Waals surface area contributed by atoms with E-state index in [1.807, 2.05) is 5.38 Å². The first-order chi connectivity index (χ1) is 7.61. The molecular weight excluding hydrogens is 244 g/mol. The maximum Gasteiger partial charge on any atom is 0.150 e. The Morgan fingerprint density at radius 2 is 2.44 bits per heavy atom. The van der Waals surface area contributed by atoms with Crippen molar-refractivity contribution in [3.63, 3.8) is 0 Å². The summed E-state index contributed by atoms with van der Waals surface area (Å²) in [4.78, 5) is 4.23. The summed E-state index contributed by atoms with van der Waals surface area (Å²) in [5.41, 5.74) is 8.57. The normalized spacial score (nSPS) is 25.7. The fourth-order valence-corrected chi connectivity index (χ4v) is 4.74. The molecule has 1 saturated heterocycles. The maximum atomic E-state index is 11.4. The van der Waals surface area contributed by atoms with Crippen LogP contribution in [0.3, 0.4) is 0 Å². The molecule has 1 aromatic heterocycles. The van der Waals surface area contributed by atoms with Crippen LogP contribution in [0.15, 0.2) is 10.9 Å². The molecule has 1 fully saturated rings. The Balaban J connectivity index is 2.01. The first-order valence-corrected chi connectivity index (χ1v) is 8.14. The Bertz CT molecular complexity index is 428. The summed E-state index contributed by atoms with van der Waals surface area (Å²) in [6, 6.07) is 0. The van der Waals surface area contributed by atoms with Crippen LogP contribution in [0.25, 0.3) is 0 Å². The van der Waals surface area contributed by atoms with Crippen LogP contribution >= 0.6 is 11.3 Å². The maximum absolute atomic E-state index is 11.4. The van der Waals surface area contributed by atoms with Gasteiger partial charge in [-0.25, -0.2) is 13.4 Å². The summed E-state index contributed by atoms with van der Waals surface area (Å²) in [5.74, 6) is 1.10. The molecule has 0 aliphatic carbocycles. The number of sulfone groups is 1. The van der Waals surface area contributed by atoms with E-state index in [-0.39, 0.29) is 11.8 Å². The third-order valence-electron chi connectivity index (χ3n) is 3.19. The van der Waals surface area contributed by atoms with Crippen LogP contribution < -0.4 is 5.73 Å². The molecule has 1 aliphatic heterocycles. The van der Waals surface area contributed by atoms with E-state index in [0.29, 0.717) is 18.1 Å². The summed E-state index contributed by atoms with van der Waals surface area (Å²) in [6.45, 7) is 0.539. The van der Waals surface area contributed by atoms with Crippen molar-refractivity contribution >= 4 is 21.2 Å². The van der Waals surface area contributed by atoms with Gasteiger partial charge >= 0.3 is 0 Å². The minimum atomic E-state index is -2.80. The zero-order chi connectivity index (χ0) is 11.6. The first kappa shape index (κ1) is 12.0. The number of aromatic nitrogens is 1. The molecule has 2 atom stereocenters. The Kier molecular flexibility index (Phi) is 3.61. The second-order valence-electron chi connectivity index (χ2n) is 4.34. The lowest BCUT2D eigenvalue weighted by Gasteiger charge is -2.19. The van der Waals surface area contributed by atoms with Gasteiger partial charge in [-0.3, -0.25) is 0 Å². The van der Waals surface area contributed by atoms with Gasteiger partial charge in [-0.2, -0.15) is 0 Å². The molecule has 90 valence electrons. The smallest absolute Gasteiger partial charge is 0.150 e. The van der Waals surface area contributed by atoms with E-state index in [2.05, 4.69) is 4.98 Å². The van der Waals surface area contributed by atoms with Crippen LogP contribution in [0.5, 0.6) is 0 Å². The standard InChI is InChI=1S/C10H16N2O2S2/c11-4-9(3-10-5-15-7-12-10)8-1-2-16(13,14)6-8/h5,7-9H,1-4,6,11H2. The zero-order valence-corrected chi connectivity index (χ0v) is 10.6. The third-order valence-corrected chi connectivity index (χ3v) is 5.62. The van der Waals surface area contributed by atoms with Gasteiger partial charge in [-0.05, 0) is 31.2 Å². The Morgan fingerprint density at radius 1 is 1.62 bits per heavy atom. The van der Waals surface area contributed by atoms with Crippen LogP contribution in [-0.4, -0.2) is 31.5 Å². The molecule has 0 aromatic carbocycles. The molecule has 2 N–H and O–H groups in total. The van der Waals surface area contributed by atoms with Gasteiger partial charge in [-0.15, -0.1) is 11.3 Å². The van der Waals surface area contributed by atoms with Crippen LogP contribution in [0, 0.1) is 11.8 Å². The quantitative estimate of drug-likeness (QED) is 0.864. The highest BCUT2D eigenvalue weighted by molar-refractivity contribution is 7.91. The van der Waals surface area contributed by atoms with Crippen molar-refractivity contribution in [2.45, 2.75) is 12.8 Å². The van der Waals surface area contributed by atoms with E-state index >= 15 is 0 Å². The summed E-state index contributed by atoms with van der Waals surface area (Å²) >= 11 is 1.56. The largest absolute Gasteiger partial charge is 0.330 e. The van der Waals surface area contributed by atoms with E-state index in [9.17, 15) is 8.42 Å². The van der Waals surface area contributed by atoms with Gasteiger partial charge in [0.05, 0.1) is 22.7 Å². The Morgan fingerprint density at radius 3 is 2.94 bits per heavy atom. The van der Waals surface area contributed by atoms with E-state index < -0.39 is 9.84 Å². The van der Waals surface area contributed by atoms with Crippen LogP contribution in [0.2, 0.25) is 0 Å². The minimum Gasteiger partial charge on any atom is -0.330 e. The molecule has 1 aromatic rings. The molecule has 4 nitrogen and oxygen atoms in total. The molecule has 16 heavy (non-hydrogen) atoms. The molecule has 0 saturated carbocycles. The molecule has 2 rings (SSSR count). The molecule has 0 amide bonds. The Hall–Kier alpha value is -0.460. The van der Waals surface area contributed by atoms with Gasteiger partial charge in [0.1, 0.15) is 0 Å². The number of rotatable bonds is 4. The SMILES string of the molecule is NCC(Cc1cscn1)C1CCS(=O)(=O)C1. The third kappa shape index (κ3) is 2.81. The average Bonchev–Trinajstić information content (AvgIpc) is 2.83. The van der Waals surface area contributed by atoms with Gasteiger partial charge in [-0.1, -0.05) is 0 Å². The summed E-state index contributed by atoms with van der Waals surface area (Å²) in [7, 11) is -2.80. The molecule has 2 heterocycles. The van der Waals surface area contributed by atoms with E-state index in [4.69, 9.17) is 5.73 Å². The van der Waals surface area contributed by atoms with E-state index in [1.165, 1.54) is 0 Å². The van der Waals surface area contributed by atoms with Crippen molar-refractivity contribution < 1.29 is 8.42 Å². The topological polar surface area (TPSA) is 73.0 Å². The van der Waals surface area contributed by atoms with Crippen LogP contribution in [0.4, 0.5) is 0 Å². The van der Waals surface area contributed by atoms with Crippen molar-refractivity contribution in [3.05, 3.63) is 16.6 Å². The predicted molar refractivity (Wildman–Crippen MR) is 65.1 cm³/mol. The molecule has 0 spiro atoms. The number of hydrogen-bond donors (Lipinski definition) is 1.